The van der Waals surface area contributed by atoms with Gasteiger partial charge in [0.15, 0.2) is 0 Å². The van der Waals surface area contributed by atoms with Crippen LogP contribution in [-0.4, -0.2) is 40.9 Å². The predicted octanol–water partition coefficient (Wildman–Crippen LogP) is 3.65. The average molecular weight is 373 g/mol. The van der Waals surface area contributed by atoms with Crippen molar-refractivity contribution in [3.05, 3.63) is 48.4 Å². The summed E-state index contributed by atoms with van der Waals surface area (Å²) in [5.41, 5.74) is 0.792. The Morgan fingerprint density at radius 3 is 2.69 bits per heavy atom. The number of thioether (sulfide) groups is 1. The third-order valence-electron chi connectivity index (χ3n) is 3.99. The minimum Gasteiger partial charge on any atom is -0.497 e. The molecule has 0 saturated carbocycles. The summed E-state index contributed by atoms with van der Waals surface area (Å²) in [6.45, 7) is 1.91. The van der Waals surface area contributed by atoms with Crippen LogP contribution in [0.4, 0.5) is 0 Å². The smallest absolute Gasteiger partial charge is 0.277 e. The summed E-state index contributed by atoms with van der Waals surface area (Å²) >= 11 is 1.21. The lowest BCUT2D eigenvalue weighted by Crippen LogP contribution is -2.30. The number of furan rings is 1. The van der Waals surface area contributed by atoms with Crippen LogP contribution in [0.3, 0.4) is 0 Å². The van der Waals surface area contributed by atoms with Crippen LogP contribution >= 0.6 is 11.8 Å². The molecule has 0 aliphatic rings. The van der Waals surface area contributed by atoms with Crippen molar-refractivity contribution < 1.29 is 18.4 Å². The number of hydrogen-bond acceptors (Lipinski definition) is 7. The van der Waals surface area contributed by atoms with Gasteiger partial charge in [0.25, 0.3) is 5.22 Å². The molecule has 0 N–H and O–H groups in total. The number of aromatic nitrogens is 2. The molecule has 1 unspecified atom stereocenters. The number of nitrogens with zero attached hydrogens (tertiary/aromatic N) is 3. The second-order valence-corrected chi connectivity index (χ2v) is 6.51. The van der Waals surface area contributed by atoms with Gasteiger partial charge >= 0.3 is 0 Å². The summed E-state index contributed by atoms with van der Waals surface area (Å²) < 4.78 is 16.1. The SMILES string of the molecule is COc1ccc(-c2nnc(SCC(=O)N(C)C(C)c3ccco3)o2)cc1. The van der Waals surface area contributed by atoms with E-state index in [1.165, 1.54) is 11.8 Å². The van der Waals surface area contributed by atoms with Crippen LogP contribution in [0.2, 0.25) is 0 Å². The van der Waals surface area contributed by atoms with Crippen molar-refractivity contribution in [1.82, 2.24) is 15.1 Å². The molecular weight excluding hydrogens is 354 g/mol. The van der Waals surface area contributed by atoms with Crippen LogP contribution in [0.5, 0.6) is 5.75 Å². The number of rotatable bonds is 7. The zero-order valence-electron chi connectivity index (χ0n) is 14.7. The number of ether oxygens (including phenoxy) is 1. The zero-order valence-corrected chi connectivity index (χ0v) is 15.5. The lowest BCUT2D eigenvalue weighted by molar-refractivity contribution is -0.129. The van der Waals surface area contributed by atoms with E-state index >= 15 is 0 Å². The molecule has 0 aliphatic heterocycles. The van der Waals surface area contributed by atoms with Gasteiger partial charge in [0.1, 0.15) is 11.5 Å². The molecule has 1 amide bonds. The molecule has 3 rings (SSSR count). The van der Waals surface area contributed by atoms with E-state index in [4.69, 9.17) is 13.6 Å². The van der Waals surface area contributed by atoms with E-state index in [-0.39, 0.29) is 17.7 Å². The Morgan fingerprint density at radius 1 is 1.27 bits per heavy atom. The molecule has 8 heteroatoms. The van der Waals surface area contributed by atoms with E-state index in [1.54, 1.807) is 31.4 Å². The summed E-state index contributed by atoms with van der Waals surface area (Å²) in [5.74, 6) is 2.04. The topological polar surface area (TPSA) is 81.6 Å². The Kier molecular flexibility index (Phi) is 5.62. The van der Waals surface area contributed by atoms with Gasteiger partial charge in [-0.1, -0.05) is 11.8 Å². The first-order valence-electron chi connectivity index (χ1n) is 7.98. The van der Waals surface area contributed by atoms with Gasteiger partial charge in [0, 0.05) is 12.6 Å². The highest BCUT2D eigenvalue weighted by molar-refractivity contribution is 7.99. The molecule has 7 nitrogen and oxygen atoms in total. The number of hydrogen-bond donors (Lipinski definition) is 0. The highest BCUT2D eigenvalue weighted by atomic mass is 32.2. The zero-order chi connectivity index (χ0) is 18.5. The van der Waals surface area contributed by atoms with E-state index in [0.717, 1.165) is 17.1 Å². The Labute approximate surface area is 155 Å². The van der Waals surface area contributed by atoms with Crippen molar-refractivity contribution in [2.75, 3.05) is 19.9 Å². The van der Waals surface area contributed by atoms with Crippen molar-refractivity contribution in [3.8, 4) is 17.2 Å². The van der Waals surface area contributed by atoms with Crippen LogP contribution in [0, 0.1) is 0 Å². The molecular formula is C18H19N3O4S. The largest absolute Gasteiger partial charge is 0.497 e. The van der Waals surface area contributed by atoms with E-state index in [9.17, 15) is 4.79 Å². The normalized spacial score (nSPS) is 12.0. The molecule has 136 valence electrons. The van der Waals surface area contributed by atoms with Crippen LogP contribution in [0.1, 0.15) is 18.7 Å². The van der Waals surface area contributed by atoms with Gasteiger partial charge in [-0.2, -0.15) is 0 Å². The van der Waals surface area contributed by atoms with Gasteiger partial charge in [-0.25, -0.2) is 0 Å². The fraction of sp³-hybridized carbons (Fsp3) is 0.278. The lowest BCUT2D eigenvalue weighted by atomic mass is 10.2. The summed E-state index contributed by atoms with van der Waals surface area (Å²) in [4.78, 5) is 14.0. The molecule has 1 aromatic carbocycles. The average Bonchev–Trinajstić information content (AvgIpc) is 3.37. The molecule has 0 saturated heterocycles. The highest BCUT2D eigenvalue weighted by Gasteiger charge is 2.20. The van der Waals surface area contributed by atoms with Gasteiger partial charge in [-0.15, -0.1) is 10.2 Å². The summed E-state index contributed by atoms with van der Waals surface area (Å²) in [6.07, 6.45) is 1.60. The minimum absolute atomic E-state index is 0.0527. The molecule has 0 bridgehead atoms. The summed E-state index contributed by atoms with van der Waals surface area (Å²) in [5, 5.41) is 8.36. The number of benzene rings is 1. The molecule has 3 aromatic rings. The highest BCUT2D eigenvalue weighted by Crippen LogP contribution is 2.26. The number of amides is 1. The molecule has 0 spiro atoms. The van der Waals surface area contributed by atoms with Crippen molar-refractivity contribution in [2.45, 2.75) is 18.2 Å². The van der Waals surface area contributed by atoms with E-state index < -0.39 is 0 Å². The third kappa shape index (κ3) is 4.08. The standard InChI is InChI=1S/C18H19N3O4S/c1-12(15-5-4-10-24-15)21(2)16(22)11-26-18-20-19-17(25-18)13-6-8-14(23-3)9-7-13/h4-10,12H,11H2,1-3H3. The van der Waals surface area contributed by atoms with Crippen LogP contribution < -0.4 is 4.74 Å². The van der Waals surface area contributed by atoms with Crippen molar-refractivity contribution >= 4 is 17.7 Å². The van der Waals surface area contributed by atoms with Crippen LogP contribution in [0.25, 0.3) is 11.5 Å². The van der Waals surface area contributed by atoms with Gasteiger partial charge < -0.3 is 18.5 Å². The van der Waals surface area contributed by atoms with Crippen LogP contribution in [0.15, 0.2) is 56.7 Å². The fourth-order valence-corrected chi connectivity index (χ4v) is 2.97. The summed E-state index contributed by atoms with van der Waals surface area (Å²) in [7, 11) is 3.35. The van der Waals surface area contributed by atoms with Crippen LogP contribution in [-0.2, 0) is 4.79 Å². The second-order valence-electron chi connectivity index (χ2n) is 5.59. The van der Waals surface area contributed by atoms with Crippen molar-refractivity contribution in [3.63, 3.8) is 0 Å². The molecule has 2 heterocycles. The van der Waals surface area contributed by atoms with Crippen molar-refractivity contribution in [1.29, 1.82) is 0 Å². The first kappa shape index (κ1) is 18.1. The van der Waals surface area contributed by atoms with Gasteiger partial charge in [0.2, 0.25) is 11.8 Å². The molecule has 0 radical (unpaired) electrons. The lowest BCUT2D eigenvalue weighted by Gasteiger charge is -2.22. The second kappa shape index (κ2) is 8.09. The maximum Gasteiger partial charge on any atom is 0.277 e. The molecule has 0 fully saturated rings. The summed E-state index contributed by atoms with van der Waals surface area (Å²) in [6, 6.07) is 10.8. The number of carbonyl (C=O) groups is 1. The molecule has 0 aliphatic carbocycles. The fourth-order valence-electron chi connectivity index (χ4n) is 2.28. The Morgan fingerprint density at radius 2 is 2.04 bits per heavy atom. The van der Waals surface area contributed by atoms with Gasteiger partial charge in [0.05, 0.1) is 25.2 Å². The Hall–Kier alpha value is -2.74. The van der Waals surface area contributed by atoms with Gasteiger partial charge in [-0.05, 0) is 43.3 Å². The number of methoxy groups -OCH3 is 1. The third-order valence-corrected chi connectivity index (χ3v) is 4.80. The number of carbonyl (C=O) groups excluding carboxylic acids is 1. The van der Waals surface area contributed by atoms with Crippen molar-refractivity contribution in [2.24, 2.45) is 0 Å². The molecule has 2 aromatic heterocycles. The Balaban J connectivity index is 1.58. The first-order chi connectivity index (χ1) is 12.6. The Bertz CT molecular complexity index is 846. The quantitative estimate of drug-likeness (QED) is 0.585. The molecule has 26 heavy (non-hydrogen) atoms. The monoisotopic (exact) mass is 373 g/mol. The maximum atomic E-state index is 12.4. The predicted molar refractivity (Wildman–Crippen MR) is 96.9 cm³/mol. The molecule has 1 atom stereocenters. The first-order valence-corrected chi connectivity index (χ1v) is 8.97. The van der Waals surface area contributed by atoms with Gasteiger partial charge in [-0.3, -0.25) is 4.79 Å². The van der Waals surface area contributed by atoms with E-state index in [2.05, 4.69) is 10.2 Å². The van der Waals surface area contributed by atoms with E-state index in [0.29, 0.717) is 11.1 Å². The minimum atomic E-state index is -0.143. The maximum absolute atomic E-state index is 12.4. The van der Waals surface area contributed by atoms with E-state index in [1.807, 2.05) is 37.3 Å².